The summed E-state index contributed by atoms with van der Waals surface area (Å²) in [5.74, 6) is 0.650. The second-order valence-corrected chi connectivity index (χ2v) is 12.7. The van der Waals surface area contributed by atoms with Crippen LogP contribution in [0, 0.1) is 0 Å². The maximum Gasteiger partial charge on any atom is 0.235 e. The van der Waals surface area contributed by atoms with Crippen LogP contribution in [-0.2, 0) is 0 Å². The van der Waals surface area contributed by atoms with E-state index in [-0.39, 0.29) is 0 Å². The van der Waals surface area contributed by atoms with Crippen molar-refractivity contribution in [3.05, 3.63) is 183 Å². The standard InChI is InChI=1S/C47H34N4/c1-3-12-37(13-4-2)50-43-18-10-8-16-38(43)40-30-35(24-26-45(40)50)36-25-27-46-41(31-36)39-17-9-11-19-44(39)51(46)47-48-29-28-42(49-47)34-22-20-33(21-23-34)32-14-6-5-7-15-32/h3-31H,1H2,2H3/b13-4-,37-12+. The third-order valence-corrected chi connectivity index (χ3v) is 9.69. The Bertz CT molecular complexity index is 2810. The molecule has 0 bridgehead atoms. The van der Waals surface area contributed by atoms with Crippen LogP contribution < -0.4 is 0 Å². The maximum atomic E-state index is 5.11. The Kier molecular flexibility index (Phi) is 7.48. The fraction of sp³-hybridized carbons (Fsp3) is 0.0213. The number of fused-ring (bicyclic) bond motifs is 6. The molecule has 3 heterocycles. The molecule has 0 unspecified atom stereocenters. The van der Waals surface area contributed by atoms with Gasteiger partial charge in [0.05, 0.1) is 27.8 Å². The Balaban J connectivity index is 1.15. The smallest absolute Gasteiger partial charge is 0.235 e. The van der Waals surface area contributed by atoms with E-state index in [1.54, 1.807) is 0 Å². The van der Waals surface area contributed by atoms with Crippen molar-refractivity contribution in [2.75, 3.05) is 0 Å². The molecule has 4 nitrogen and oxygen atoms in total. The van der Waals surface area contributed by atoms with Crippen LogP contribution in [0.4, 0.5) is 0 Å². The first-order chi connectivity index (χ1) is 25.2. The third kappa shape index (κ3) is 5.17. The monoisotopic (exact) mass is 654 g/mol. The van der Waals surface area contributed by atoms with E-state index in [2.05, 4.69) is 167 Å². The molecule has 6 aromatic carbocycles. The number of aromatic nitrogens is 4. The van der Waals surface area contributed by atoms with E-state index in [1.165, 1.54) is 38.4 Å². The van der Waals surface area contributed by atoms with Crippen molar-refractivity contribution in [1.82, 2.24) is 19.1 Å². The summed E-state index contributed by atoms with van der Waals surface area (Å²) < 4.78 is 4.50. The van der Waals surface area contributed by atoms with Gasteiger partial charge in [0.2, 0.25) is 5.95 Å². The quantitative estimate of drug-likeness (QED) is 0.160. The topological polar surface area (TPSA) is 35.6 Å². The van der Waals surface area contributed by atoms with Crippen molar-refractivity contribution in [1.29, 1.82) is 0 Å². The molecule has 9 rings (SSSR count). The first kappa shape index (κ1) is 30.3. The van der Waals surface area contributed by atoms with Gasteiger partial charge in [-0.05, 0) is 83.8 Å². The normalized spacial score (nSPS) is 12.1. The predicted molar refractivity (Wildman–Crippen MR) is 215 cm³/mol. The fourth-order valence-electron chi connectivity index (χ4n) is 7.38. The lowest BCUT2D eigenvalue weighted by molar-refractivity contribution is 0.992. The van der Waals surface area contributed by atoms with E-state index in [0.717, 1.165) is 44.5 Å². The molecule has 3 aromatic heterocycles. The Morgan fingerprint density at radius 3 is 1.82 bits per heavy atom. The number of hydrogen-bond acceptors (Lipinski definition) is 2. The number of nitrogens with zero attached hydrogens (tertiary/aromatic N) is 4. The van der Waals surface area contributed by atoms with Gasteiger partial charge in [0.25, 0.3) is 0 Å². The molecule has 51 heavy (non-hydrogen) atoms. The number of para-hydroxylation sites is 2. The zero-order chi connectivity index (χ0) is 34.3. The molecule has 0 fully saturated rings. The Hall–Kier alpha value is -6.78. The van der Waals surface area contributed by atoms with Crippen LogP contribution in [0.2, 0.25) is 0 Å². The molecule has 0 aliphatic rings. The first-order valence-electron chi connectivity index (χ1n) is 17.2. The van der Waals surface area contributed by atoms with Gasteiger partial charge in [-0.15, -0.1) is 0 Å². The van der Waals surface area contributed by atoms with Gasteiger partial charge in [0.15, 0.2) is 0 Å². The minimum atomic E-state index is 0.650. The molecule has 0 radical (unpaired) electrons. The summed E-state index contributed by atoms with van der Waals surface area (Å²) in [6, 6.07) is 51.7. The van der Waals surface area contributed by atoms with E-state index in [0.29, 0.717) is 5.95 Å². The molecular weight excluding hydrogens is 621 g/mol. The van der Waals surface area contributed by atoms with Crippen LogP contribution in [0.5, 0.6) is 0 Å². The minimum Gasteiger partial charge on any atom is -0.309 e. The van der Waals surface area contributed by atoms with Crippen LogP contribution in [0.3, 0.4) is 0 Å². The van der Waals surface area contributed by atoms with Crippen LogP contribution in [-0.4, -0.2) is 19.1 Å². The highest BCUT2D eigenvalue weighted by molar-refractivity contribution is 6.13. The lowest BCUT2D eigenvalue weighted by Gasteiger charge is -2.10. The van der Waals surface area contributed by atoms with Crippen molar-refractivity contribution < 1.29 is 0 Å². The minimum absolute atomic E-state index is 0.650. The SMILES string of the molecule is C=C/C=C(\C=C/C)n1c2ccccc2c2cc(-c3ccc4c(c3)c3ccccc3n4-c3nccc(-c4ccc(-c5ccccc5)cc4)n3)ccc21. The summed E-state index contributed by atoms with van der Waals surface area (Å²) in [7, 11) is 0. The predicted octanol–water partition coefficient (Wildman–Crippen LogP) is 12.3. The van der Waals surface area contributed by atoms with E-state index in [4.69, 9.17) is 9.97 Å². The summed E-state index contributed by atoms with van der Waals surface area (Å²) >= 11 is 0. The Labute approximate surface area is 296 Å². The second kappa shape index (κ2) is 12.6. The van der Waals surface area contributed by atoms with Crippen molar-refractivity contribution in [3.8, 4) is 39.5 Å². The molecular formula is C47H34N4. The highest BCUT2D eigenvalue weighted by Gasteiger charge is 2.17. The summed E-state index contributed by atoms with van der Waals surface area (Å²) in [6.07, 6.45) is 9.97. The van der Waals surface area contributed by atoms with Crippen LogP contribution in [0.15, 0.2) is 183 Å². The summed E-state index contributed by atoms with van der Waals surface area (Å²) in [4.78, 5) is 9.90. The fourth-order valence-corrected chi connectivity index (χ4v) is 7.38. The van der Waals surface area contributed by atoms with Crippen LogP contribution >= 0.6 is 0 Å². The van der Waals surface area contributed by atoms with E-state index < -0.39 is 0 Å². The molecule has 0 amide bonds. The van der Waals surface area contributed by atoms with Crippen LogP contribution in [0.25, 0.3) is 88.8 Å². The van der Waals surface area contributed by atoms with Gasteiger partial charge >= 0.3 is 0 Å². The maximum absolute atomic E-state index is 5.11. The van der Waals surface area contributed by atoms with Gasteiger partial charge < -0.3 is 4.57 Å². The molecule has 9 aromatic rings. The van der Waals surface area contributed by atoms with Gasteiger partial charge in [-0.2, -0.15) is 0 Å². The van der Waals surface area contributed by atoms with Gasteiger partial charge in [-0.1, -0.05) is 122 Å². The second-order valence-electron chi connectivity index (χ2n) is 12.7. The van der Waals surface area contributed by atoms with Crippen molar-refractivity contribution in [2.24, 2.45) is 0 Å². The average Bonchev–Trinajstić information content (AvgIpc) is 3.70. The highest BCUT2D eigenvalue weighted by atomic mass is 15.2. The van der Waals surface area contributed by atoms with Gasteiger partial charge in [-0.25, -0.2) is 9.97 Å². The summed E-state index contributed by atoms with van der Waals surface area (Å²) in [5, 5.41) is 4.76. The molecule has 0 saturated carbocycles. The van der Waals surface area contributed by atoms with E-state index >= 15 is 0 Å². The van der Waals surface area contributed by atoms with Crippen molar-refractivity contribution in [2.45, 2.75) is 6.92 Å². The summed E-state index contributed by atoms with van der Waals surface area (Å²) in [6.45, 7) is 6.02. The number of allylic oxidation sites excluding steroid dienone is 5. The molecule has 0 aliphatic heterocycles. The van der Waals surface area contributed by atoms with Crippen LogP contribution in [0.1, 0.15) is 6.92 Å². The number of benzene rings is 6. The van der Waals surface area contributed by atoms with Gasteiger partial charge in [0.1, 0.15) is 0 Å². The highest BCUT2D eigenvalue weighted by Crippen LogP contribution is 2.38. The summed E-state index contributed by atoms with van der Waals surface area (Å²) in [5.41, 5.74) is 12.2. The van der Waals surface area contributed by atoms with E-state index in [1.807, 2.05) is 31.3 Å². The molecule has 0 spiro atoms. The Morgan fingerprint density at radius 2 is 1.10 bits per heavy atom. The molecule has 0 aliphatic carbocycles. The molecule has 4 heteroatoms. The molecule has 0 N–H and O–H groups in total. The third-order valence-electron chi connectivity index (χ3n) is 9.69. The molecule has 0 saturated heterocycles. The number of hydrogen-bond donors (Lipinski definition) is 0. The zero-order valence-corrected chi connectivity index (χ0v) is 28.2. The number of rotatable bonds is 7. The molecule has 242 valence electrons. The van der Waals surface area contributed by atoms with Crippen molar-refractivity contribution in [3.63, 3.8) is 0 Å². The molecule has 0 atom stereocenters. The first-order valence-corrected chi connectivity index (χ1v) is 17.2. The largest absolute Gasteiger partial charge is 0.309 e. The lowest BCUT2D eigenvalue weighted by Crippen LogP contribution is -2.01. The van der Waals surface area contributed by atoms with Gasteiger partial charge in [-0.3, -0.25) is 4.57 Å². The van der Waals surface area contributed by atoms with Gasteiger partial charge in [0, 0.05) is 39.0 Å². The lowest BCUT2D eigenvalue weighted by atomic mass is 10.0. The zero-order valence-electron chi connectivity index (χ0n) is 28.2. The van der Waals surface area contributed by atoms with Crippen molar-refractivity contribution >= 4 is 49.3 Å². The Morgan fingerprint density at radius 1 is 0.549 bits per heavy atom. The van der Waals surface area contributed by atoms with E-state index in [9.17, 15) is 0 Å². The average molecular weight is 655 g/mol.